The zero-order chi connectivity index (χ0) is 24.9. The van der Waals surface area contributed by atoms with E-state index in [1.54, 1.807) is 6.20 Å². The number of rotatable bonds is 8. The fourth-order valence-corrected chi connectivity index (χ4v) is 4.10. The number of ether oxygens (including phenoxy) is 3. The summed E-state index contributed by atoms with van der Waals surface area (Å²) >= 11 is 0. The maximum atomic E-state index is 13.4. The number of hydrogen-bond donors (Lipinski definition) is 0. The molecule has 4 rings (SSSR count). The van der Waals surface area contributed by atoms with Crippen molar-refractivity contribution in [1.29, 1.82) is 0 Å². The van der Waals surface area contributed by atoms with Gasteiger partial charge in [0.1, 0.15) is 6.61 Å². The van der Waals surface area contributed by atoms with E-state index in [-0.39, 0.29) is 30.7 Å². The van der Waals surface area contributed by atoms with E-state index in [2.05, 4.69) is 0 Å². The molecule has 35 heavy (non-hydrogen) atoms. The lowest BCUT2D eigenvalue weighted by Crippen LogP contribution is -2.37. The van der Waals surface area contributed by atoms with Crippen LogP contribution in [0, 0.1) is 11.1 Å². The van der Waals surface area contributed by atoms with E-state index >= 15 is 0 Å². The third-order valence-electron chi connectivity index (χ3n) is 5.70. The van der Waals surface area contributed by atoms with Gasteiger partial charge in [0.2, 0.25) is 0 Å². The number of carbonyl (C=O) groups excluding carboxylic acids is 1. The maximum absolute atomic E-state index is 13.4. The standard InChI is InChI=1S/C27H29N3O5/c1-18(2)14-24-25(35-17-19-10-6-5-7-11-19)28-22(26(33-3)30(24)32)15-20-16-29(27(31)34-4)23-13-9-8-12-21(20)23/h5-13,16,18H,14-15,17H2,1-4H3. The molecule has 2 aromatic heterocycles. The van der Waals surface area contributed by atoms with Crippen molar-refractivity contribution in [2.75, 3.05) is 14.2 Å². The molecule has 0 atom stereocenters. The number of nitrogens with zero attached hydrogens (tertiary/aromatic N) is 3. The van der Waals surface area contributed by atoms with Gasteiger partial charge in [0.25, 0.3) is 11.6 Å². The number of para-hydroxylation sites is 1. The van der Waals surface area contributed by atoms with Crippen LogP contribution in [-0.4, -0.2) is 29.9 Å². The van der Waals surface area contributed by atoms with Crippen molar-refractivity contribution in [2.45, 2.75) is 33.3 Å². The maximum Gasteiger partial charge on any atom is 0.418 e. The summed E-state index contributed by atoms with van der Waals surface area (Å²) < 4.78 is 18.7. The van der Waals surface area contributed by atoms with Crippen LogP contribution in [0.5, 0.6) is 11.8 Å². The fraction of sp³-hybridized carbons (Fsp3) is 0.296. The molecule has 0 spiro atoms. The van der Waals surface area contributed by atoms with Gasteiger partial charge in [-0.2, -0.15) is 0 Å². The van der Waals surface area contributed by atoms with Crippen LogP contribution < -0.4 is 14.2 Å². The summed E-state index contributed by atoms with van der Waals surface area (Å²) in [6.07, 6.45) is 1.96. The summed E-state index contributed by atoms with van der Waals surface area (Å²) in [5, 5.41) is 14.3. The second-order valence-corrected chi connectivity index (χ2v) is 8.67. The van der Waals surface area contributed by atoms with E-state index in [9.17, 15) is 10.0 Å². The Labute approximate surface area is 204 Å². The molecule has 0 saturated carbocycles. The highest BCUT2D eigenvalue weighted by molar-refractivity contribution is 5.92. The second-order valence-electron chi connectivity index (χ2n) is 8.67. The van der Waals surface area contributed by atoms with Gasteiger partial charge in [-0.1, -0.05) is 62.4 Å². The molecule has 0 unspecified atom stereocenters. The number of benzene rings is 2. The molecule has 8 nitrogen and oxygen atoms in total. The summed E-state index contributed by atoms with van der Waals surface area (Å²) in [4.78, 5) is 17.1. The molecule has 0 bridgehead atoms. The lowest BCUT2D eigenvalue weighted by atomic mass is 10.1. The van der Waals surface area contributed by atoms with E-state index in [1.807, 2.05) is 68.4 Å². The highest BCUT2D eigenvalue weighted by atomic mass is 16.6. The van der Waals surface area contributed by atoms with E-state index < -0.39 is 6.09 Å². The van der Waals surface area contributed by atoms with Crippen LogP contribution in [0.1, 0.15) is 36.4 Å². The first kappa shape index (κ1) is 24.1. The number of aromatic nitrogens is 3. The van der Waals surface area contributed by atoms with Crippen LogP contribution in [0.15, 0.2) is 60.8 Å². The minimum absolute atomic E-state index is 0.114. The van der Waals surface area contributed by atoms with Crippen LogP contribution in [0.4, 0.5) is 4.79 Å². The SMILES string of the molecule is COC(=O)n1cc(Cc2nc(OCc3ccccc3)c(CC(C)C)[n+]([O-])c2OC)c2ccccc21. The molecule has 0 aliphatic carbocycles. The first-order valence-corrected chi connectivity index (χ1v) is 11.5. The van der Waals surface area contributed by atoms with Gasteiger partial charge in [-0.3, -0.25) is 4.57 Å². The molecule has 2 aromatic carbocycles. The molecule has 0 fully saturated rings. The van der Waals surface area contributed by atoms with Gasteiger partial charge < -0.3 is 19.4 Å². The lowest BCUT2D eigenvalue weighted by molar-refractivity contribution is -0.622. The average Bonchev–Trinajstić information content (AvgIpc) is 3.23. The third-order valence-corrected chi connectivity index (χ3v) is 5.70. The predicted octanol–water partition coefficient (Wildman–Crippen LogP) is 4.66. The Kier molecular flexibility index (Phi) is 7.19. The molecule has 0 N–H and O–H groups in total. The second kappa shape index (κ2) is 10.5. The monoisotopic (exact) mass is 475 g/mol. The van der Waals surface area contributed by atoms with Crippen molar-refractivity contribution in [3.63, 3.8) is 0 Å². The van der Waals surface area contributed by atoms with E-state index in [0.29, 0.717) is 23.3 Å². The topological polar surface area (TPSA) is 89.5 Å². The van der Waals surface area contributed by atoms with Gasteiger partial charge in [0, 0.05) is 24.4 Å². The molecule has 0 saturated heterocycles. The molecule has 2 heterocycles. The highest BCUT2D eigenvalue weighted by Gasteiger charge is 2.28. The van der Waals surface area contributed by atoms with Crippen molar-refractivity contribution in [2.24, 2.45) is 5.92 Å². The summed E-state index contributed by atoms with van der Waals surface area (Å²) in [5.41, 5.74) is 3.34. The number of fused-ring (bicyclic) bond motifs is 1. The Bertz CT molecular complexity index is 1330. The number of hydrogen-bond acceptors (Lipinski definition) is 6. The molecular weight excluding hydrogens is 446 g/mol. The number of carbonyl (C=O) groups is 1. The molecule has 0 aliphatic heterocycles. The first-order chi connectivity index (χ1) is 16.9. The quantitative estimate of drug-likeness (QED) is 0.272. The first-order valence-electron chi connectivity index (χ1n) is 11.5. The van der Waals surface area contributed by atoms with E-state index in [0.717, 1.165) is 21.2 Å². The molecule has 0 aliphatic rings. The minimum atomic E-state index is -0.495. The Morgan fingerprint density at radius 1 is 1.09 bits per heavy atom. The fourth-order valence-electron chi connectivity index (χ4n) is 4.10. The van der Waals surface area contributed by atoms with Crippen molar-refractivity contribution in [3.8, 4) is 11.8 Å². The third kappa shape index (κ3) is 5.06. The van der Waals surface area contributed by atoms with Crippen molar-refractivity contribution >= 4 is 17.0 Å². The normalized spacial score (nSPS) is 11.1. The molecule has 0 amide bonds. The van der Waals surface area contributed by atoms with Crippen LogP contribution in [-0.2, 0) is 24.2 Å². The predicted molar refractivity (Wildman–Crippen MR) is 132 cm³/mol. The zero-order valence-electron chi connectivity index (χ0n) is 20.4. The van der Waals surface area contributed by atoms with Crippen molar-refractivity contribution < 1.29 is 23.7 Å². The Morgan fingerprint density at radius 3 is 2.49 bits per heavy atom. The Hall–Kier alpha value is -4.07. The Balaban J connectivity index is 1.78. The lowest BCUT2D eigenvalue weighted by Gasteiger charge is -2.16. The average molecular weight is 476 g/mol. The van der Waals surface area contributed by atoms with Gasteiger partial charge in [0.15, 0.2) is 5.69 Å². The smallest absolute Gasteiger partial charge is 0.418 e. The van der Waals surface area contributed by atoms with Gasteiger partial charge in [-0.25, -0.2) is 9.78 Å². The van der Waals surface area contributed by atoms with Crippen molar-refractivity contribution in [1.82, 2.24) is 9.55 Å². The summed E-state index contributed by atoms with van der Waals surface area (Å²) in [7, 11) is 2.79. The summed E-state index contributed by atoms with van der Waals surface area (Å²) in [6, 6.07) is 17.2. The van der Waals surface area contributed by atoms with E-state index in [1.165, 1.54) is 18.8 Å². The summed E-state index contributed by atoms with van der Waals surface area (Å²) in [6.45, 7) is 4.35. The van der Waals surface area contributed by atoms with E-state index in [4.69, 9.17) is 19.2 Å². The van der Waals surface area contributed by atoms with Crippen LogP contribution in [0.2, 0.25) is 0 Å². The van der Waals surface area contributed by atoms with Gasteiger partial charge in [-0.05, 0) is 23.1 Å². The van der Waals surface area contributed by atoms with Crippen LogP contribution in [0.25, 0.3) is 10.9 Å². The molecule has 8 heteroatoms. The van der Waals surface area contributed by atoms with Gasteiger partial charge in [-0.15, -0.1) is 4.73 Å². The van der Waals surface area contributed by atoms with Gasteiger partial charge in [0.05, 0.1) is 19.7 Å². The zero-order valence-corrected chi connectivity index (χ0v) is 20.4. The molecule has 182 valence electrons. The summed E-state index contributed by atoms with van der Waals surface area (Å²) in [5.74, 6) is 0.609. The highest BCUT2D eigenvalue weighted by Crippen LogP contribution is 2.28. The Morgan fingerprint density at radius 2 is 1.80 bits per heavy atom. The molecule has 4 aromatic rings. The van der Waals surface area contributed by atoms with Crippen LogP contribution >= 0.6 is 0 Å². The van der Waals surface area contributed by atoms with Crippen LogP contribution in [0.3, 0.4) is 0 Å². The largest absolute Gasteiger partial charge is 0.616 e. The minimum Gasteiger partial charge on any atom is -0.616 e. The molecular formula is C27H29N3O5. The molecule has 0 radical (unpaired) electrons. The number of methoxy groups -OCH3 is 2. The van der Waals surface area contributed by atoms with Crippen molar-refractivity contribution in [3.05, 3.63) is 88.5 Å². The van der Waals surface area contributed by atoms with Gasteiger partial charge >= 0.3 is 12.0 Å².